The van der Waals surface area contributed by atoms with Crippen LogP contribution in [0, 0.1) is 5.92 Å². The summed E-state index contributed by atoms with van der Waals surface area (Å²) in [6.07, 6.45) is 2.91. The number of hydrogen-bond donors (Lipinski definition) is 1. The molecule has 32 heavy (non-hydrogen) atoms. The molecule has 0 spiro atoms. The topological polar surface area (TPSA) is 77.9 Å². The SMILES string of the molecule is CN(C)C[C@@H](CCc1cccc(CN2C(C(=O)O)CCS2(=O)=O)c1)Cc1cccc(Cl)c1. The van der Waals surface area contributed by atoms with Gasteiger partial charge in [0.2, 0.25) is 10.0 Å². The van der Waals surface area contributed by atoms with E-state index in [9.17, 15) is 18.3 Å². The smallest absolute Gasteiger partial charge is 0.322 e. The molecule has 6 nitrogen and oxygen atoms in total. The molecular formula is C24H31ClN2O4S. The molecule has 0 bridgehead atoms. The third-order valence-electron chi connectivity index (χ3n) is 5.85. The molecule has 1 saturated heterocycles. The molecule has 8 heteroatoms. The third-order valence-corrected chi connectivity index (χ3v) is 7.93. The quantitative estimate of drug-likeness (QED) is 0.563. The number of aryl methyl sites for hydroxylation is 1. The zero-order valence-corrected chi connectivity index (χ0v) is 20.1. The summed E-state index contributed by atoms with van der Waals surface area (Å²) in [6, 6.07) is 14.8. The minimum Gasteiger partial charge on any atom is -0.480 e. The summed E-state index contributed by atoms with van der Waals surface area (Å²) < 4.78 is 25.8. The van der Waals surface area contributed by atoms with Gasteiger partial charge in [-0.25, -0.2) is 8.42 Å². The van der Waals surface area contributed by atoms with Gasteiger partial charge in [-0.1, -0.05) is 48.0 Å². The Morgan fingerprint density at radius 2 is 1.84 bits per heavy atom. The number of rotatable bonds is 10. The van der Waals surface area contributed by atoms with Crippen LogP contribution in [0.5, 0.6) is 0 Å². The second-order valence-electron chi connectivity index (χ2n) is 8.82. The molecule has 1 aliphatic rings. The van der Waals surface area contributed by atoms with Crippen LogP contribution in [0.2, 0.25) is 5.02 Å². The van der Waals surface area contributed by atoms with Gasteiger partial charge in [0.15, 0.2) is 0 Å². The second kappa shape index (κ2) is 10.8. The first-order valence-corrected chi connectivity index (χ1v) is 12.8. The zero-order valence-electron chi connectivity index (χ0n) is 18.6. The van der Waals surface area contributed by atoms with Crippen LogP contribution in [0.4, 0.5) is 0 Å². The molecule has 174 valence electrons. The average Bonchev–Trinajstić information content (AvgIpc) is 3.00. The summed E-state index contributed by atoms with van der Waals surface area (Å²) in [4.78, 5) is 13.7. The number of nitrogens with zero attached hydrogens (tertiary/aromatic N) is 2. The molecule has 1 N–H and O–H groups in total. The predicted octanol–water partition coefficient (Wildman–Crippen LogP) is 3.68. The average molecular weight is 479 g/mol. The molecular weight excluding hydrogens is 448 g/mol. The Bertz CT molecular complexity index is 1040. The maximum atomic E-state index is 12.3. The number of halogens is 1. The monoisotopic (exact) mass is 478 g/mol. The van der Waals surface area contributed by atoms with Crippen molar-refractivity contribution in [2.24, 2.45) is 5.92 Å². The number of hydrogen-bond acceptors (Lipinski definition) is 4. The van der Waals surface area contributed by atoms with Crippen LogP contribution in [-0.4, -0.2) is 61.1 Å². The maximum Gasteiger partial charge on any atom is 0.322 e. The van der Waals surface area contributed by atoms with Crippen LogP contribution in [0.25, 0.3) is 0 Å². The van der Waals surface area contributed by atoms with Gasteiger partial charge in [-0.15, -0.1) is 0 Å². The number of benzene rings is 2. The molecule has 2 aromatic rings. The number of carbonyl (C=O) groups is 1. The molecule has 1 aliphatic heterocycles. The van der Waals surface area contributed by atoms with Crippen molar-refractivity contribution in [2.45, 2.75) is 38.3 Å². The van der Waals surface area contributed by atoms with Gasteiger partial charge in [-0.3, -0.25) is 4.79 Å². The van der Waals surface area contributed by atoms with E-state index < -0.39 is 22.0 Å². The molecule has 1 fully saturated rings. The standard InChI is InChI=1S/C24H31ClN2O4S/c1-26(2)16-21(14-19-6-4-8-22(25)15-19)10-9-18-5-3-7-20(13-18)17-27-23(24(28)29)11-12-32(27,30)31/h3-8,13,15,21,23H,9-12,14,16-17H2,1-2H3,(H,28,29)/t21-,23?/m0/s1. The second-order valence-corrected chi connectivity index (χ2v) is 11.3. The minimum atomic E-state index is -3.53. The van der Waals surface area contributed by atoms with E-state index in [1.54, 1.807) is 0 Å². The summed E-state index contributed by atoms with van der Waals surface area (Å²) >= 11 is 6.15. The fourth-order valence-electron chi connectivity index (χ4n) is 4.38. The Morgan fingerprint density at radius 1 is 1.16 bits per heavy atom. The van der Waals surface area contributed by atoms with Gasteiger partial charge in [-0.2, -0.15) is 4.31 Å². The van der Waals surface area contributed by atoms with Crippen molar-refractivity contribution in [2.75, 3.05) is 26.4 Å². The largest absolute Gasteiger partial charge is 0.480 e. The molecule has 0 amide bonds. The van der Waals surface area contributed by atoms with Crippen molar-refractivity contribution in [3.8, 4) is 0 Å². The van der Waals surface area contributed by atoms with Gasteiger partial charge in [0.1, 0.15) is 6.04 Å². The normalized spacial score (nSPS) is 19.3. The van der Waals surface area contributed by atoms with E-state index >= 15 is 0 Å². The van der Waals surface area contributed by atoms with Gasteiger partial charge >= 0.3 is 5.97 Å². The Labute approximate surface area is 195 Å². The van der Waals surface area contributed by atoms with Crippen LogP contribution in [-0.2, 0) is 34.2 Å². The van der Waals surface area contributed by atoms with Crippen LogP contribution < -0.4 is 0 Å². The number of carboxylic acid groups (broad SMARTS) is 1. The van der Waals surface area contributed by atoms with E-state index in [1.807, 2.05) is 42.5 Å². The van der Waals surface area contributed by atoms with E-state index in [4.69, 9.17) is 11.6 Å². The van der Waals surface area contributed by atoms with Crippen LogP contribution in [0.1, 0.15) is 29.5 Å². The van der Waals surface area contributed by atoms with Crippen LogP contribution >= 0.6 is 11.6 Å². The lowest BCUT2D eigenvalue weighted by Gasteiger charge is -2.22. The predicted molar refractivity (Wildman–Crippen MR) is 127 cm³/mol. The summed E-state index contributed by atoms with van der Waals surface area (Å²) in [6.45, 7) is 1.05. The number of sulfonamides is 1. The first-order valence-electron chi connectivity index (χ1n) is 10.8. The van der Waals surface area contributed by atoms with Gasteiger partial charge in [0.05, 0.1) is 5.75 Å². The molecule has 2 aromatic carbocycles. The highest BCUT2D eigenvalue weighted by Gasteiger charge is 2.41. The number of carboxylic acids is 1. The van der Waals surface area contributed by atoms with E-state index in [0.29, 0.717) is 5.92 Å². The van der Waals surface area contributed by atoms with Crippen LogP contribution in [0.3, 0.4) is 0 Å². The fourth-order valence-corrected chi connectivity index (χ4v) is 6.27. The number of aliphatic carboxylic acids is 1. The van der Waals surface area contributed by atoms with Crippen molar-refractivity contribution in [1.82, 2.24) is 9.21 Å². The van der Waals surface area contributed by atoms with E-state index in [1.165, 1.54) is 5.56 Å². The van der Waals surface area contributed by atoms with Crippen molar-refractivity contribution in [3.63, 3.8) is 0 Å². The summed E-state index contributed by atoms with van der Waals surface area (Å²) in [5, 5.41) is 10.1. The molecule has 3 rings (SSSR count). The van der Waals surface area contributed by atoms with Gasteiger partial charge in [0.25, 0.3) is 0 Å². The van der Waals surface area contributed by atoms with Crippen molar-refractivity contribution >= 4 is 27.6 Å². The molecule has 0 aromatic heterocycles. The molecule has 0 aliphatic carbocycles. The molecule has 0 saturated carbocycles. The molecule has 2 atom stereocenters. The highest BCUT2D eigenvalue weighted by atomic mass is 35.5. The van der Waals surface area contributed by atoms with Gasteiger partial charge in [0, 0.05) is 18.1 Å². The Hall–Kier alpha value is -1.93. The fraction of sp³-hybridized carbons (Fsp3) is 0.458. The van der Waals surface area contributed by atoms with Crippen LogP contribution in [0.15, 0.2) is 48.5 Å². The first kappa shape index (κ1) is 24.7. The Balaban J connectivity index is 1.68. The summed E-state index contributed by atoms with van der Waals surface area (Å²) in [5.74, 6) is -0.753. The highest BCUT2D eigenvalue weighted by molar-refractivity contribution is 7.89. The van der Waals surface area contributed by atoms with E-state index in [2.05, 4.69) is 25.1 Å². The first-order chi connectivity index (χ1) is 15.1. The van der Waals surface area contributed by atoms with Crippen molar-refractivity contribution < 1.29 is 18.3 Å². The molecule has 0 radical (unpaired) electrons. The Kier molecular flexibility index (Phi) is 8.33. The van der Waals surface area contributed by atoms with Crippen molar-refractivity contribution in [3.05, 3.63) is 70.2 Å². The lowest BCUT2D eigenvalue weighted by molar-refractivity contribution is -0.141. The van der Waals surface area contributed by atoms with E-state index in [0.717, 1.165) is 46.3 Å². The molecule has 1 heterocycles. The summed E-state index contributed by atoms with van der Waals surface area (Å²) in [5.41, 5.74) is 3.16. The minimum absolute atomic E-state index is 0.0940. The molecule has 1 unspecified atom stereocenters. The lowest BCUT2D eigenvalue weighted by atomic mass is 9.92. The lowest BCUT2D eigenvalue weighted by Crippen LogP contribution is -2.37. The Morgan fingerprint density at radius 3 is 2.53 bits per heavy atom. The summed E-state index contributed by atoms with van der Waals surface area (Å²) in [7, 11) is 0.607. The zero-order chi connectivity index (χ0) is 23.3. The van der Waals surface area contributed by atoms with E-state index in [-0.39, 0.29) is 18.7 Å². The van der Waals surface area contributed by atoms with Gasteiger partial charge < -0.3 is 10.0 Å². The highest BCUT2D eigenvalue weighted by Crippen LogP contribution is 2.25. The maximum absolute atomic E-state index is 12.3. The van der Waals surface area contributed by atoms with Gasteiger partial charge in [-0.05, 0) is 74.5 Å². The van der Waals surface area contributed by atoms with Crippen molar-refractivity contribution in [1.29, 1.82) is 0 Å². The third kappa shape index (κ3) is 6.78.